The van der Waals surface area contributed by atoms with Crippen LogP contribution >= 0.6 is 27.5 Å². The van der Waals surface area contributed by atoms with Gasteiger partial charge < -0.3 is 5.32 Å². The summed E-state index contributed by atoms with van der Waals surface area (Å²) in [4.78, 5) is 4.13. The van der Waals surface area contributed by atoms with Crippen LogP contribution in [-0.4, -0.2) is 4.98 Å². The molecule has 2 rings (SSSR count). The van der Waals surface area contributed by atoms with Gasteiger partial charge in [0.1, 0.15) is 11.6 Å². The van der Waals surface area contributed by atoms with E-state index in [1.54, 1.807) is 12.3 Å². The second kappa shape index (κ2) is 5.47. The molecule has 0 amide bonds. The maximum atomic E-state index is 13.4. The molecule has 1 N–H and O–H groups in total. The summed E-state index contributed by atoms with van der Waals surface area (Å²) in [6.45, 7) is 0.348. The largest absolute Gasteiger partial charge is 0.366 e. The van der Waals surface area contributed by atoms with Gasteiger partial charge in [0.2, 0.25) is 0 Å². The second-order valence-electron chi connectivity index (χ2n) is 3.45. The minimum absolute atomic E-state index is 0.279. The van der Waals surface area contributed by atoms with Crippen LogP contribution in [0.25, 0.3) is 0 Å². The fourth-order valence-electron chi connectivity index (χ4n) is 1.34. The number of benzene rings is 1. The highest BCUT2D eigenvalue weighted by atomic mass is 79.9. The highest BCUT2D eigenvalue weighted by Gasteiger charge is 2.03. The highest BCUT2D eigenvalue weighted by Crippen LogP contribution is 2.16. The fraction of sp³-hybridized carbons (Fsp3) is 0.0833. The van der Waals surface area contributed by atoms with Gasteiger partial charge in [-0.1, -0.05) is 11.6 Å². The molecule has 1 heterocycles. The molecule has 0 aliphatic rings. The topological polar surface area (TPSA) is 24.9 Å². The van der Waals surface area contributed by atoms with Crippen LogP contribution in [0, 0.1) is 5.82 Å². The average molecular weight is 316 g/mol. The monoisotopic (exact) mass is 314 g/mol. The molecule has 88 valence electrons. The third kappa shape index (κ3) is 3.41. The van der Waals surface area contributed by atoms with Crippen molar-refractivity contribution in [2.75, 3.05) is 5.32 Å². The van der Waals surface area contributed by atoms with Crippen molar-refractivity contribution in [3.05, 3.63) is 57.4 Å². The number of pyridine rings is 1. The molecule has 1 aromatic carbocycles. The van der Waals surface area contributed by atoms with Crippen LogP contribution < -0.4 is 5.32 Å². The summed E-state index contributed by atoms with van der Waals surface area (Å²) in [5, 5.41) is 3.55. The number of hydrogen-bond donors (Lipinski definition) is 1. The molecule has 0 fully saturated rings. The highest BCUT2D eigenvalue weighted by molar-refractivity contribution is 9.10. The normalized spacial score (nSPS) is 10.3. The lowest BCUT2D eigenvalue weighted by atomic mass is 10.2. The minimum atomic E-state index is -0.279. The van der Waals surface area contributed by atoms with Crippen molar-refractivity contribution in [3.63, 3.8) is 0 Å². The van der Waals surface area contributed by atoms with Gasteiger partial charge in [-0.25, -0.2) is 9.37 Å². The van der Waals surface area contributed by atoms with E-state index in [0.29, 0.717) is 22.9 Å². The second-order valence-corrected chi connectivity index (χ2v) is 4.80. The molecule has 0 saturated heterocycles. The Kier molecular flexibility index (Phi) is 3.97. The Bertz CT molecular complexity index is 516. The lowest BCUT2D eigenvalue weighted by Crippen LogP contribution is -2.03. The molecular weight excluding hydrogens is 307 g/mol. The first-order valence-corrected chi connectivity index (χ1v) is 6.11. The SMILES string of the molecule is Fc1ccc(Cl)cc1CNc1ccc(Br)cn1. The molecule has 0 unspecified atom stereocenters. The zero-order chi connectivity index (χ0) is 12.3. The van der Waals surface area contributed by atoms with E-state index in [2.05, 4.69) is 26.2 Å². The molecular formula is C12H9BrClFN2. The molecule has 2 nitrogen and oxygen atoms in total. The van der Waals surface area contributed by atoms with Gasteiger partial charge >= 0.3 is 0 Å². The lowest BCUT2D eigenvalue weighted by Gasteiger charge is -2.07. The maximum absolute atomic E-state index is 13.4. The van der Waals surface area contributed by atoms with E-state index in [1.165, 1.54) is 12.1 Å². The average Bonchev–Trinajstić information content (AvgIpc) is 2.32. The van der Waals surface area contributed by atoms with Crippen LogP contribution in [0.5, 0.6) is 0 Å². The van der Waals surface area contributed by atoms with E-state index in [4.69, 9.17) is 11.6 Å². The number of halogens is 3. The number of hydrogen-bond acceptors (Lipinski definition) is 2. The first-order valence-electron chi connectivity index (χ1n) is 4.94. The van der Waals surface area contributed by atoms with Gasteiger partial charge in [-0.3, -0.25) is 0 Å². The number of anilines is 1. The Morgan fingerprint density at radius 1 is 1.29 bits per heavy atom. The third-order valence-electron chi connectivity index (χ3n) is 2.20. The van der Waals surface area contributed by atoms with Crippen LogP contribution in [0.2, 0.25) is 5.02 Å². The van der Waals surface area contributed by atoms with Crippen molar-refractivity contribution in [1.29, 1.82) is 0 Å². The Morgan fingerprint density at radius 3 is 2.82 bits per heavy atom. The van der Waals surface area contributed by atoms with Gasteiger partial charge in [-0.15, -0.1) is 0 Å². The number of rotatable bonds is 3. The molecule has 0 bridgehead atoms. The summed E-state index contributed by atoms with van der Waals surface area (Å²) in [5.41, 5.74) is 0.516. The van der Waals surface area contributed by atoms with E-state index in [0.717, 1.165) is 4.47 Å². The van der Waals surface area contributed by atoms with Crippen LogP contribution in [0.15, 0.2) is 41.0 Å². The van der Waals surface area contributed by atoms with Crippen LogP contribution in [-0.2, 0) is 6.54 Å². The molecule has 2 aromatic rings. The standard InChI is InChI=1S/C12H9BrClFN2/c13-9-1-4-12(17-7-9)16-6-8-5-10(14)2-3-11(8)15/h1-5,7H,6H2,(H,16,17). The summed E-state index contributed by atoms with van der Waals surface area (Å²) < 4.78 is 14.3. The van der Waals surface area contributed by atoms with Crippen molar-refractivity contribution in [2.45, 2.75) is 6.54 Å². The number of nitrogens with one attached hydrogen (secondary N) is 1. The predicted octanol–water partition coefficient (Wildman–Crippen LogP) is 4.25. The molecule has 1 aromatic heterocycles. The fourth-order valence-corrected chi connectivity index (χ4v) is 1.77. The Balaban J connectivity index is 2.07. The van der Waals surface area contributed by atoms with Gasteiger partial charge in [0.25, 0.3) is 0 Å². The summed E-state index contributed by atoms with van der Waals surface area (Å²) >= 11 is 9.10. The molecule has 5 heteroatoms. The zero-order valence-corrected chi connectivity index (χ0v) is 11.1. The summed E-state index contributed by atoms with van der Waals surface area (Å²) in [7, 11) is 0. The van der Waals surface area contributed by atoms with Crippen LogP contribution in [0.1, 0.15) is 5.56 Å². The third-order valence-corrected chi connectivity index (χ3v) is 2.90. The zero-order valence-electron chi connectivity index (χ0n) is 8.75. The maximum Gasteiger partial charge on any atom is 0.128 e. The van der Waals surface area contributed by atoms with E-state index in [9.17, 15) is 4.39 Å². The first kappa shape index (κ1) is 12.3. The Labute approximate surface area is 112 Å². The molecule has 17 heavy (non-hydrogen) atoms. The molecule has 0 spiro atoms. The van der Waals surface area contributed by atoms with E-state index in [1.807, 2.05) is 12.1 Å². The Morgan fingerprint density at radius 2 is 2.12 bits per heavy atom. The Hall–Kier alpha value is -1.13. The molecule has 0 aliphatic heterocycles. The summed E-state index contributed by atoms with van der Waals surface area (Å²) in [6.07, 6.45) is 1.68. The van der Waals surface area contributed by atoms with Crippen LogP contribution in [0.4, 0.5) is 10.2 Å². The van der Waals surface area contributed by atoms with E-state index < -0.39 is 0 Å². The quantitative estimate of drug-likeness (QED) is 0.916. The summed E-state index contributed by atoms with van der Waals surface area (Å²) in [5.74, 6) is 0.409. The number of nitrogens with zero attached hydrogens (tertiary/aromatic N) is 1. The van der Waals surface area contributed by atoms with Gasteiger partial charge in [-0.05, 0) is 46.3 Å². The van der Waals surface area contributed by atoms with Gasteiger partial charge in [0.05, 0.1) is 0 Å². The molecule has 0 atom stereocenters. The predicted molar refractivity (Wildman–Crippen MR) is 70.7 cm³/mol. The van der Waals surface area contributed by atoms with E-state index in [-0.39, 0.29) is 5.82 Å². The van der Waals surface area contributed by atoms with E-state index >= 15 is 0 Å². The van der Waals surface area contributed by atoms with Crippen LogP contribution in [0.3, 0.4) is 0 Å². The number of aromatic nitrogens is 1. The smallest absolute Gasteiger partial charge is 0.128 e. The van der Waals surface area contributed by atoms with Gasteiger partial charge in [-0.2, -0.15) is 0 Å². The van der Waals surface area contributed by atoms with Gasteiger partial charge in [0, 0.05) is 27.8 Å². The lowest BCUT2D eigenvalue weighted by molar-refractivity contribution is 0.613. The molecule has 0 aliphatic carbocycles. The van der Waals surface area contributed by atoms with Crippen molar-refractivity contribution in [2.24, 2.45) is 0 Å². The summed E-state index contributed by atoms with van der Waals surface area (Å²) in [6, 6.07) is 8.16. The first-order chi connectivity index (χ1) is 8.15. The molecule has 0 saturated carbocycles. The van der Waals surface area contributed by atoms with Gasteiger partial charge in [0.15, 0.2) is 0 Å². The van der Waals surface area contributed by atoms with Crippen molar-refractivity contribution in [1.82, 2.24) is 4.98 Å². The minimum Gasteiger partial charge on any atom is -0.366 e. The molecule has 0 radical (unpaired) electrons. The van der Waals surface area contributed by atoms with Crippen molar-refractivity contribution in [3.8, 4) is 0 Å². The van der Waals surface area contributed by atoms with Crippen molar-refractivity contribution < 1.29 is 4.39 Å². The van der Waals surface area contributed by atoms with Crippen molar-refractivity contribution >= 4 is 33.3 Å².